The van der Waals surface area contributed by atoms with Crippen LogP contribution in [-0.2, 0) is 10.4 Å². The van der Waals surface area contributed by atoms with Gasteiger partial charge in [-0.05, 0) is 45.4 Å². The number of carbonyl (C=O) groups is 1. The number of halogens is 1. The first-order valence-corrected chi connectivity index (χ1v) is 8.11. The minimum absolute atomic E-state index is 0.0729. The number of carbonyl (C=O) groups excluding carboxylic acids is 1. The summed E-state index contributed by atoms with van der Waals surface area (Å²) in [5.74, 6) is 0.190. The van der Waals surface area contributed by atoms with Gasteiger partial charge < -0.3 is 15.7 Å². The normalized spacial score (nSPS) is 19.0. The number of amides is 1. The Bertz CT molecular complexity index is 611. The van der Waals surface area contributed by atoms with Crippen LogP contribution in [0.25, 0.3) is 0 Å². The molecule has 1 atom stereocenters. The van der Waals surface area contributed by atoms with Crippen LogP contribution < -0.4 is 10.6 Å². The molecule has 6 heteroatoms. The molecule has 1 aliphatic rings. The van der Waals surface area contributed by atoms with E-state index in [0.29, 0.717) is 23.0 Å². The van der Waals surface area contributed by atoms with Crippen molar-refractivity contribution >= 4 is 23.3 Å². The van der Waals surface area contributed by atoms with Gasteiger partial charge in [0.15, 0.2) is 5.60 Å². The molecule has 0 radical (unpaired) electrons. The van der Waals surface area contributed by atoms with Gasteiger partial charge in [0.1, 0.15) is 5.84 Å². The molecule has 1 unspecified atom stereocenters. The van der Waals surface area contributed by atoms with Gasteiger partial charge in [-0.3, -0.25) is 9.79 Å². The van der Waals surface area contributed by atoms with Crippen LogP contribution in [0.15, 0.2) is 29.3 Å². The molecule has 0 aromatic heterocycles. The van der Waals surface area contributed by atoms with Crippen LogP contribution in [0.4, 0.5) is 0 Å². The van der Waals surface area contributed by atoms with E-state index in [1.54, 1.807) is 24.3 Å². The van der Waals surface area contributed by atoms with Gasteiger partial charge in [-0.1, -0.05) is 23.7 Å². The Hall–Kier alpha value is -1.59. The Labute approximate surface area is 142 Å². The second kappa shape index (κ2) is 6.49. The van der Waals surface area contributed by atoms with E-state index in [1.165, 1.54) is 0 Å². The van der Waals surface area contributed by atoms with E-state index in [2.05, 4.69) is 15.6 Å². The maximum atomic E-state index is 12.6. The number of nitrogens with zero attached hydrogens (tertiary/aromatic N) is 1. The number of hydrogen-bond donors (Lipinski definition) is 3. The molecule has 0 bridgehead atoms. The van der Waals surface area contributed by atoms with Crippen LogP contribution >= 0.6 is 11.6 Å². The predicted molar refractivity (Wildman–Crippen MR) is 92.8 cm³/mol. The molecular weight excluding hydrogens is 314 g/mol. The molecule has 1 aromatic rings. The van der Waals surface area contributed by atoms with Crippen LogP contribution in [-0.4, -0.2) is 35.0 Å². The van der Waals surface area contributed by atoms with Crippen LogP contribution in [0.5, 0.6) is 0 Å². The van der Waals surface area contributed by atoms with E-state index in [4.69, 9.17) is 11.6 Å². The summed E-state index contributed by atoms with van der Waals surface area (Å²) < 4.78 is 0. The van der Waals surface area contributed by atoms with Gasteiger partial charge in [-0.15, -0.1) is 0 Å². The molecule has 3 N–H and O–H groups in total. The van der Waals surface area contributed by atoms with Crippen molar-refractivity contribution in [1.82, 2.24) is 10.6 Å². The lowest BCUT2D eigenvalue weighted by molar-refractivity contribution is -0.140. The van der Waals surface area contributed by atoms with Crippen molar-refractivity contribution in [1.29, 1.82) is 0 Å². The zero-order chi connectivity index (χ0) is 17.3. The van der Waals surface area contributed by atoms with Gasteiger partial charge in [0.2, 0.25) is 0 Å². The predicted octanol–water partition coefficient (Wildman–Crippen LogP) is 2.22. The standard InChI is InChI=1S/C17H24ClN3O2/c1-11(2)20-15(22)17(23,12-5-7-13(18)8-6-12)9-14-19-10-16(3,4)21-14/h5-8,11,23H,9-10H2,1-4H3,(H,19,21)(H,20,22). The number of rotatable bonds is 5. The smallest absolute Gasteiger partial charge is 0.257 e. The Morgan fingerprint density at radius 2 is 2.04 bits per heavy atom. The summed E-state index contributed by atoms with van der Waals surface area (Å²) >= 11 is 5.92. The molecule has 23 heavy (non-hydrogen) atoms. The van der Waals surface area contributed by atoms with Gasteiger partial charge in [-0.25, -0.2) is 0 Å². The third-order valence-electron chi connectivity index (χ3n) is 3.69. The van der Waals surface area contributed by atoms with Gasteiger partial charge in [0, 0.05) is 17.5 Å². The first-order chi connectivity index (χ1) is 10.6. The van der Waals surface area contributed by atoms with E-state index in [1.807, 2.05) is 27.7 Å². The fourth-order valence-electron chi connectivity index (χ4n) is 2.53. The summed E-state index contributed by atoms with van der Waals surface area (Å²) in [6, 6.07) is 6.60. The van der Waals surface area contributed by atoms with Crippen molar-refractivity contribution in [3.63, 3.8) is 0 Å². The van der Waals surface area contributed by atoms with Crippen LogP contribution in [0.2, 0.25) is 5.02 Å². The molecule has 2 rings (SSSR count). The lowest BCUT2D eigenvalue weighted by Gasteiger charge is -2.29. The van der Waals surface area contributed by atoms with E-state index in [-0.39, 0.29) is 18.0 Å². The monoisotopic (exact) mass is 337 g/mol. The first-order valence-electron chi connectivity index (χ1n) is 7.73. The fraction of sp³-hybridized carbons (Fsp3) is 0.529. The molecule has 0 fully saturated rings. The topological polar surface area (TPSA) is 73.7 Å². The summed E-state index contributed by atoms with van der Waals surface area (Å²) in [7, 11) is 0. The molecule has 1 heterocycles. The maximum Gasteiger partial charge on any atom is 0.257 e. The average molecular weight is 338 g/mol. The highest BCUT2D eigenvalue weighted by atomic mass is 35.5. The van der Waals surface area contributed by atoms with Crippen molar-refractivity contribution in [3.8, 4) is 0 Å². The highest BCUT2D eigenvalue weighted by Crippen LogP contribution is 2.29. The quantitative estimate of drug-likeness (QED) is 0.771. The van der Waals surface area contributed by atoms with Gasteiger partial charge in [0.05, 0.1) is 12.1 Å². The largest absolute Gasteiger partial charge is 0.375 e. The summed E-state index contributed by atoms with van der Waals surface area (Å²) in [5.41, 5.74) is -1.36. The number of benzene rings is 1. The lowest BCUT2D eigenvalue weighted by Crippen LogP contribution is -2.50. The maximum absolute atomic E-state index is 12.6. The fourth-order valence-corrected chi connectivity index (χ4v) is 2.65. The average Bonchev–Trinajstić information content (AvgIpc) is 2.77. The third kappa shape index (κ3) is 4.24. The molecule has 5 nitrogen and oxygen atoms in total. The molecule has 1 aliphatic heterocycles. The van der Waals surface area contributed by atoms with E-state index >= 15 is 0 Å². The summed E-state index contributed by atoms with van der Waals surface area (Å²) in [6.07, 6.45) is 0.0939. The van der Waals surface area contributed by atoms with Gasteiger partial charge in [0.25, 0.3) is 5.91 Å². The Morgan fingerprint density at radius 1 is 1.43 bits per heavy atom. The van der Waals surface area contributed by atoms with Crippen molar-refractivity contribution in [2.75, 3.05) is 6.54 Å². The highest BCUT2D eigenvalue weighted by molar-refractivity contribution is 6.30. The lowest BCUT2D eigenvalue weighted by atomic mass is 9.88. The van der Waals surface area contributed by atoms with Crippen molar-refractivity contribution < 1.29 is 9.90 Å². The van der Waals surface area contributed by atoms with Crippen molar-refractivity contribution in [2.24, 2.45) is 4.99 Å². The molecular formula is C17H24ClN3O2. The van der Waals surface area contributed by atoms with E-state index in [0.717, 1.165) is 0 Å². The van der Waals surface area contributed by atoms with Crippen molar-refractivity contribution in [3.05, 3.63) is 34.9 Å². The van der Waals surface area contributed by atoms with Crippen molar-refractivity contribution in [2.45, 2.75) is 51.3 Å². The summed E-state index contributed by atoms with van der Waals surface area (Å²) in [6.45, 7) is 8.38. The third-order valence-corrected chi connectivity index (χ3v) is 3.94. The second-order valence-corrected chi connectivity index (χ2v) is 7.38. The first kappa shape index (κ1) is 17.8. The van der Waals surface area contributed by atoms with E-state index in [9.17, 15) is 9.90 Å². The number of hydrogen-bond acceptors (Lipinski definition) is 4. The Morgan fingerprint density at radius 3 is 2.52 bits per heavy atom. The zero-order valence-corrected chi connectivity index (χ0v) is 14.7. The molecule has 126 valence electrons. The Balaban J connectivity index is 2.31. The minimum Gasteiger partial charge on any atom is -0.375 e. The molecule has 0 spiro atoms. The number of amidine groups is 1. The SMILES string of the molecule is CC(C)NC(=O)C(O)(CC1=NCC(C)(C)N1)c1ccc(Cl)cc1. The molecule has 0 saturated carbocycles. The second-order valence-electron chi connectivity index (χ2n) is 6.94. The van der Waals surface area contributed by atoms with Gasteiger partial charge in [-0.2, -0.15) is 0 Å². The number of aliphatic hydroxyl groups is 1. The summed E-state index contributed by atoms with van der Waals surface area (Å²) in [5, 5.41) is 17.7. The molecule has 1 aromatic carbocycles. The number of nitrogens with one attached hydrogen (secondary N) is 2. The van der Waals surface area contributed by atoms with E-state index < -0.39 is 11.5 Å². The molecule has 0 aliphatic carbocycles. The van der Waals surface area contributed by atoms with Crippen LogP contribution in [0, 0.1) is 0 Å². The van der Waals surface area contributed by atoms with Gasteiger partial charge >= 0.3 is 0 Å². The summed E-state index contributed by atoms with van der Waals surface area (Å²) in [4.78, 5) is 17.1. The van der Waals surface area contributed by atoms with Crippen LogP contribution in [0.1, 0.15) is 39.7 Å². The number of aliphatic imine (C=N–C) groups is 1. The van der Waals surface area contributed by atoms with Crippen LogP contribution in [0.3, 0.4) is 0 Å². The minimum atomic E-state index is -1.69. The molecule has 1 amide bonds. The highest BCUT2D eigenvalue weighted by Gasteiger charge is 2.41. The molecule has 0 saturated heterocycles. The Kier molecular flexibility index (Phi) is 5.01. The zero-order valence-electron chi connectivity index (χ0n) is 14.0.